The minimum absolute atomic E-state index is 0.321. The van der Waals surface area contributed by atoms with Gasteiger partial charge >= 0.3 is 0 Å². The summed E-state index contributed by atoms with van der Waals surface area (Å²) < 4.78 is 0. The molecule has 0 N–H and O–H groups in total. The number of hydrogen-bond donors (Lipinski definition) is 0. The van der Waals surface area contributed by atoms with E-state index >= 15 is 0 Å². The fraction of sp³-hybridized carbons (Fsp3) is 0.0286. The summed E-state index contributed by atoms with van der Waals surface area (Å²) in [5, 5.41) is 7.34. The number of anilines is 6. The van der Waals surface area contributed by atoms with E-state index < -0.39 is 0 Å². The Morgan fingerprint density at radius 2 is 0.770 bits per heavy atom. The van der Waals surface area contributed by atoms with Gasteiger partial charge in [0.15, 0.2) is 0 Å². The van der Waals surface area contributed by atoms with Crippen molar-refractivity contribution in [2.24, 2.45) is 11.8 Å². The maximum Gasteiger partial charge on any atom is 0.0601 e. The van der Waals surface area contributed by atoms with E-state index in [1.54, 1.807) is 0 Å². The summed E-state index contributed by atoms with van der Waals surface area (Å²) >= 11 is 3.69. The largest absolute Gasteiger partial charge is 0.308 e. The number of para-hydroxylation sites is 4. The Hall–Kier alpha value is -8.54. The third kappa shape index (κ3) is 7.05. The van der Waals surface area contributed by atoms with Gasteiger partial charge in [0.25, 0.3) is 0 Å². The van der Waals surface area contributed by atoms with Crippen LogP contribution < -0.4 is 9.80 Å². The van der Waals surface area contributed by atoms with Gasteiger partial charge in [-0.1, -0.05) is 218 Å². The van der Waals surface area contributed by atoms with E-state index in [1.165, 1.54) is 119 Å². The van der Waals surface area contributed by atoms with E-state index in [4.69, 9.17) is 0 Å². The molecule has 0 bridgehead atoms. The molecule has 2 atom stereocenters. The summed E-state index contributed by atoms with van der Waals surface area (Å²) in [5.74, 6) is 0.691. The van der Waals surface area contributed by atoms with Gasteiger partial charge in [0.05, 0.1) is 22.7 Å². The quantitative estimate of drug-likeness (QED) is 0.153. The molecule has 11 aromatic carbocycles. The average molecular weight is 979 g/mol. The summed E-state index contributed by atoms with van der Waals surface area (Å²) in [6.07, 6.45) is 15.9. The van der Waals surface area contributed by atoms with E-state index in [0.717, 1.165) is 11.4 Å². The third-order valence-corrected chi connectivity index (χ3v) is 17.7. The molecule has 4 aliphatic rings. The molecule has 15 rings (SSSR count). The monoisotopic (exact) mass is 978 g/mol. The Labute approximate surface area is 440 Å². The Bertz CT molecular complexity index is 4120. The SMILES string of the molecule is C1=CC2C=CC=C(c3ccc(-c4c5ccc(N6c7ccccc7Sc7ccccc76)cc5c(-c5ccc(-c6cccc7ccccc67)cc5)c5ccc(N6c7ccccc7Sc7ccccc76)cc45)cc3)C2C=C1. The first kappa shape index (κ1) is 43.1. The van der Waals surface area contributed by atoms with Gasteiger partial charge in [-0.05, 0) is 150 Å². The number of allylic oxidation sites excluding steroid dienone is 8. The minimum Gasteiger partial charge on any atom is -0.308 e. The van der Waals surface area contributed by atoms with Crippen molar-refractivity contribution >= 4 is 95.5 Å². The Morgan fingerprint density at radius 1 is 0.324 bits per heavy atom. The molecule has 2 aliphatic carbocycles. The van der Waals surface area contributed by atoms with E-state index in [1.807, 2.05) is 23.5 Å². The number of hydrogen-bond acceptors (Lipinski definition) is 4. The summed E-state index contributed by atoms with van der Waals surface area (Å²) in [6, 6.07) is 83.9. The molecule has 2 aliphatic heterocycles. The second kappa shape index (κ2) is 17.6. The van der Waals surface area contributed by atoms with Gasteiger partial charge in [-0.25, -0.2) is 0 Å². The number of nitrogens with zero attached hydrogens (tertiary/aromatic N) is 2. The van der Waals surface area contributed by atoms with Crippen molar-refractivity contribution in [2.45, 2.75) is 19.6 Å². The van der Waals surface area contributed by atoms with Crippen molar-refractivity contribution in [2.75, 3.05) is 9.80 Å². The van der Waals surface area contributed by atoms with Crippen LogP contribution >= 0.6 is 23.5 Å². The molecular weight excluding hydrogens is 933 g/mol. The molecule has 0 saturated carbocycles. The van der Waals surface area contributed by atoms with Crippen LogP contribution in [-0.2, 0) is 0 Å². The first-order valence-electron chi connectivity index (χ1n) is 25.5. The first-order valence-corrected chi connectivity index (χ1v) is 27.1. The molecule has 0 spiro atoms. The maximum absolute atomic E-state index is 2.47. The van der Waals surface area contributed by atoms with Crippen LogP contribution in [-0.4, -0.2) is 0 Å². The standard InChI is InChI=1S/C70H46N2S2/c1-3-19-53-45(15-1)17-13-21-55(53)47-31-35-49(36-32-47)69-57-41-39-52(72-63-25-7-11-29-67(63)74-68-30-12-8-26-64(68)72)44-60(57)70(50-37-33-48(34-38-50)56-22-14-18-46-16-2-4-20-54(46)56)58-42-40-51(43-59(58)69)71-61-23-5-9-27-65(61)73-66-28-10-6-24-62(66)71/h1-45,53H. The molecule has 0 fully saturated rings. The van der Waals surface area contributed by atoms with Crippen LogP contribution in [0.1, 0.15) is 5.56 Å². The zero-order valence-corrected chi connectivity index (χ0v) is 41.9. The highest BCUT2D eigenvalue weighted by molar-refractivity contribution is 8.00. The average Bonchev–Trinajstić information content (AvgIpc) is 3.47. The lowest BCUT2D eigenvalue weighted by Crippen LogP contribution is -2.15. The highest BCUT2D eigenvalue weighted by Gasteiger charge is 2.29. The summed E-state index contributed by atoms with van der Waals surface area (Å²) in [5.41, 5.74) is 16.9. The highest BCUT2D eigenvalue weighted by Crippen LogP contribution is 2.55. The van der Waals surface area contributed by atoms with Crippen LogP contribution in [0.25, 0.3) is 71.3 Å². The molecule has 0 saturated heterocycles. The number of benzene rings is 11. The third-order valence-electron chi connectivity index (χ3n) is 15.4. The van der Waals surface area contributed by atoms with Gasteiger partial charge in [-0.2, -0.15) is 0 Å². The smallest absolute Gasteiger partial charge is 0.0601 e. The number of fused-ring (bicyclic) bond motifs is 8. The van der Waals surface area contributed by atoms with Crippen molar-refractivity contribution in [1.29, 1.82) is 0 Å². The van der Waals surface area contributed by atoms with Crippen LogP contribution in [0.3, 0.4) is 0 Å². The molecule has 0 radical (unpaired) electrons. The maximum atomic E-state index is 2.47. The van der Waals surface area contributed by atoms with Gasteiger partial charge in [-0.3, -0.25) is 0 Å². The van der Waals surface area contributed by atoms with Crippen molar-refractivity contribution in [3.63, 3.8) is 0 Å². The van der Waals surface area contributed by atoms with Gasteiger partial charge in [-0.15, -0.1) is 0 Å². The second-order valence-corrected chi connectivity index (χ2v) is 21.7. The van der Waals surface area contributed by atoms with E-state index in [-0.39, 0.29) is 0 Å². The molecular formula is C70H46N2S2. The fourth-order valence-corrected chi connectivity index (χ4v) is 14.1. The Balaban J connectivity index is 0.999. The predicted octanol–water partition coefficient (Wildman–Crippen LogP) is 20.3. The van der Waals surface area contributed by atoms with Crippen LogP contribution in [0, 0.1) is 11.8 Å². The van der Waals surface area contributed by atoms with Crippen molar-refractivity contribution in [1.82, 2.24) is 0 Å². The van der Waals surface area contributed by atoms with Crippen LogP contribution in [0.4, 0.5) is 34.1 Å². The second-order valence-electron chi connectivity index (χ2n) is 19.5. The zero-order valence-electron chi connectivity index (χ0n) is 40.3. The lowest BCUT2D eigenvalue weighted by molar-refractivity contribution is 0.678. The Kier molecular flexibility index (Phi) is 10.2. The molecule has 2 unspecified atom stereocenters. The first-order chi connectivity index (χ1) is 36.7. The van der Waals surface area contributed by atoms with E-state index in [2.05, 4.69) is 277 Å². The zero-order chi connectivity index (χ0) is 48.7. The van der Waals surface area contributed by atoms with Crippen molar-refractivity contribution < 1.29 is 0 Å². The van der Waals surface area contributed by atoms with Gasteiger partial charge in [0.1, 0.15) is 0 Å². The normalized spacial score (nSPS) is 16.1. The van der Waals surface area contributed by atoms with Crippen molar-refractivity contribution in [3.05, 3.63) is 273 Å². The van der Waals surface area contributed by atoms with Crippen LogP contribution in [0.5, 0.6) is 0 Å². The van der Waals surface area contributed by atoms with Crippen molar-refractivity contribution in [3.8, 4) is 33.4 Å². The summed E-state index contributed by atoms with van der Waals surface area (Å²) in [4.78, 5) is 9.92. The molecule has 0 amide bonds. The van der Waals surface area contributed by atoms with E-state index in [9.17, 15) is 0 Å². The predicted molar refractivity (Wildman–Crippen MR) is 315 cm³/mol. The molecule has 11 aromatic rings. The lowest BCUT2D eigenvalue weighted by atomic mass is 9.77. The topological polar surface area (TPSA) is 6.48 Å². The fourth-order valence-electron chi connectivity index (χ4n) is 12.0. The molecule has 2 nitrogen and oxygen atoms in total. The molecule has 74 heavy (non-hydrogen) atoms. The summed E-state index contributed by atoms with van der Waals surface area (Å²) in [7, 11) is 0. The molecule has 348 valence electrons. The number of rotatable bonds is 6. The highest BCUT2D eigenvalue weighted by atomic mass is 32.2. The Morgan fingerprint density at radius 3 is 1.32 bits per heavy atom. The van der Waals surface area contributed by atoms with Crippen LogP contribution in [0.15, 0.2) is 287 Å². The van der Waals surface area contributed by atoms with Gasteiger partial charge < -0.3 is 9.80 Å². The van der Waals surface area contributed by atoms with E-state index in [0.29, 0.717) is 11.8 Å². The minimum atomic E-state index is 0.321. The van der Waals surface area contributed by atoms with Gasteiger partial charge in [0.2, 0.25) is 0 Å². The molecule has 4 heteroatoms. The van der Waals surface area contributed by atoms with Gasteiger partial charge in [0, 0.05) is 42.8 Å². The summed E-state index contributed by atoms with van der Waals surface area (Å²) in [6.45, 7) is 0. The lowest BCUT2D eigenvalue weighted by Gasteiger charge is -2.34. The molecule has 2 heterocycles. The molecule has 0 aromatic heterocycles. The van der Waals surface area contributed by atoms with Crippen LogP contribution in [0.2, 0.25) is 0 Å².